The predicted molar refractivity (Wildman–Crippen MR) is 183 cm³/mol. The Balaban J connectivity index is 3.82. The van der Waals surface area contributed by atoms with Crippen molar-refractivity contribution >= 4 is 25.0 Å². The van der Waals surface area contributed by atoms with E-state index in [1.807, 2.05) is 6.08 Å². The van der Waals surface area contributed by atoms with Gasteiger partial charge in [0.25, 0.3) is 0 Å². The summed E-state index contributed by atoms with van der Waals surface area (Å²) < 4.78 is 37.4. The molecule has 1 aliphatic rings. The van der Waals surface area contributed by atoms with Crippen molar-refractivity contribution in [1.82, 2.24) is 0 Å². The van der Waals surface area contributed by atoms with E-state index in [-0.39, 0.29) is 24.6 Å². The smallest absolute Gasteiger partial charge is 0.201 e. The molecular formula is C33H70O4Si3. The van der Waals surface area contributed by atoms with Gasteiger partial charge in [0.2, 0.25) is 25.0 Å². The highest BCUT2D eigenvalue weighted by Gasteiger charge is 2.54. The minimum absolute atomic E-state index is 0.194. The number of ether oxygens (including phenoxy) is 1. The Kier molecular flexibility index (Phi) is 13.8. The molecule has 0 spiro atoms. The average molecular weight is 616 g/mol. The lowest BCUT2D eigenvalue weighted by Crippen LogP contribution is -2.61. The molecule has 1 heterocycles. The van der Waals surface area contributed by atoms with E-state index in [0.717, 1.165) is 0 Å². The molecule has 1 aliphatic heterocycles. The Labute approximate surface area is 255 Å². The molecule has 0 aromatic carbocycles. The van der Waals surface area contributed by atoms with Gasteiger partial charge in [0, 0.05) is 0 Å². The molecule has 0 aromatic heterocycles. The van der Waals surface area contributed by atoms with Crippen LogP contribution in [0.5, 0.6) is 0 Å². The van der Waals surface area contributed by atoms with Gasteiger partial charge in [-0.3, -0.25) is 0 Å². The maximum atomic E-state index is 8.81. The molecule has 0 radical (unpaired) electrons. The number of rotatable bonds is 16. The van der Waals surface area contributed by atoms with Crippen molar-refractivity contribution < 1.29 is 19.4 Å². The number of hydrogen-bond donors (Lipinski definition) is 0. The van der Waals surface area contributed by atoms with E-state index in [1.165, 1.54) is 0 Å². The minimum atomic E-state index is -2.30. The van der Waals surface area contributed by atoms with Crippen molar-refractivity contribution in [1.29, 1.82) is 0 Å². The van der Waals surface area contributed by atoms with Gasteiger partial charge < -0.3 is 18.0 Å². The summed E-state index contributed by atoms with van der Waals surface area (Å²) in [6.07, 6.45) is 1.11. The van der Waals surface area contributed by atoms with Crippen molar-refractivity contribution in [2.75, 3.05) is 6.61 Å². The molecule has 7 heteroatoms. The SMILES string of the molecule is [2H]C1=C[C@@H](O[Si](C(C)C)(C(C)C)C(C)C)[C@H](O[Si](C(C)C)(C(C)C)C(C)C)[C@@H](CO[Si](C(C)C)(C(C)C)C(C)C)O1. The summed E-state index contributed by atoms with van der Waals surface area (Å²) in [6.45, 7) is 42.4. The summed E-state index contributed by atoms with van der Waals surface area (Å²) >= 11 is 0. The lowest BCUT2D eigenvalue weighted by Gasteiger charge is -2.51. The summed E-state index contributed by atoms with van der Waals surface area (Å²) in [5, 5.41) is 0. The molecule has 0 amide bonds. The molecule has 0 aromatic rings. The first-order chi connectivity index (χ1) is 18.7. The Hall–Kier alpha value is 0.0706. The van der Waals surface area contributed by atoms with Gasteiger partial charge in [0.15, 0.2) is 0 Å². The highest BCUT2D eigenvalue weighted by Crippen LogP contribution is 2.48. The van der Waals surface area contributed by atoms with Crippen LogP contribution in [-0.2, 0) is 18.0 Å². The van der Waals surface area contributed by atoms with Crippen molar-refractivity contribution in [2.24, 2.45) is 0 Å². The average Bonchev–Trinajstić information content (AvgIpc) is 2.79. The lowest BCUT2D eigenvalue weighted by atomic mass is 10.1. The van der Waals surface area contributed by atoms with Crippen LogP contribution in [0.3, 0.4) is 0 Å². The van der Waals surface area contributed by atoms with E-state index in [4.69, 9.17) is 19.4 Å². The fourth-order valence-electron chi connectivity index (χ4n) is 8.95. The summed E-state index contributed by atoms with van der Waals surface area (Å²) in [4.78, 5) is 0. The molecular weight excluding hydrogens is 545 g/mol. The van der Waals surface area contributed by atoms with Gasteiger partial charge in [-0.15, -0.1) is 0 Å². The summed E-state index contributed by atoms with van der Waals surface area (Å²) in [5.41, 5.74) is 4.04. The molecule has 4 nitrogen and oxygen atoms in total. The molecule has 0 unspecified atom stereocenters. The van der Waals surface area contributed by atoms with Crippen molar-refractivity contribution in [3.05, 3.63) is 12.3 Å². The molecule has 40 heavy (non-hydrogen) atoms. The second-order valence-electron chi connectivity index (χ2n) is 15.4. The second kappa shape index (κ2) is 15.2. The fourth-order valence-corrected chi connectivity index (χ4v) is 25.5. The zero-order chi connectivity index (χ0) is 32.2. The van der Waals surface area contributed by atoms with Crippen molar-refractivity contribution in [2.45, 2.75) is 193 Å². The fraction of sp³-hybridized carbons (Fsp3) is 0.939. The molecule has 0 bridgehead atoms. The molecule has 0 aliphatic carbocycles. The van der Waals surface area contributed by atoms with Crippen LogP contribution in [0.4, 0.5) is 0 Å². The molecule has 0 fully saturated rings. The monoisotopic (exact) mass is 615 g/mol. The predicted octanol–water partition coefficient (Wildman–Crippen LogP) is 11.2. The molecule has 238 valence electrons. The molecule has 0 N–H and O–H groups in total. The summed E-state index contributed by atoms with van der Waals surface area (Å²) in [5.74, 6) is 0. The van der Waals surface area contributed by atoms with Gasteiger partial charge in [-0.1, -0.05) is 125 Å². The maximum Gasteiger partial charge on any atom is 0.201 e. The Bertz CT molecular complexity index is 758. The number of hydrogen-bond acceptors (Lipinski definition) is 4. The maximum absolute atomic E-state index is 8.81. The van der Waals surface area contributed by atoms with Crippen molar-refractivity contribution in [3.8, 4) is 0 Å². The first-order valence-corrected chi connectivity index (χ1v) is 22.9. The van der Waals surface area contributed by atoms with E-state index in [0.29, 0.717) is 56.5 Å². The molecule has 1 rings (SSSR count). The third kappa shape index (κ3) is 7.40. The summed E-state index contributed by atoms with van der Waals surface area (Å²) in [6, 6.07) is 0. The van der Waals surface area contributed by atoms with Gasteiger partial charge >= 0.3 is 0 Å². The lowest BCUT2D eigenvalue weighted by molar-refractivity contribution is -0.0707. The Morgan fingerprint density at radius 2 is 0.875 bits per heavy atom. The van der Waals surface area contributed by atoms with E-state index in [9.17, 15) is 0 Å². The van der Waals surface area contributed by atoms with E-state index < -0.39 is 25.0 Å². The van der Waals surface area contributed by atoms with E-state index in [1.54, 1.807) is 0 Å². The third-order valence-corrected chi connectivity index (χ3v) is 28.7. The standard InChI is InChI=1S/C33H70O4Si3/c1-22(2)38(23(3)4,24(5)6)35-21-32-33(37-40(28(13)14,29(15)16)30(17)18)31(19-20-34-32)36-39(25(7)8,26(9)10)27(11)12/h19-20,22-33H,21H2,1-18H3/t31-,32-,33+/m1/s1/i20D. The highest BCUT2D eigenvalue weighted by atomic mass is 28.4. The van der Waals surface area contributed by atoms with Crippen LogP contribution in [0.15, 0.2) is 12.3 Å². The zero-order valence-corrected chi connectivity index (χ0v) is 32.8. The normalized spacial score (nSPS) is 22.1. The third-order valence-electron chi connectivity index (χ3n) is 10.4. The second-order valence-corrected chi connectivity index (χ2v) is 31.6. The van der Waals surface area contributed by atoms with Crippen LogP contribution in [0.2, 0.25) is 49.9 Å². The van der Waals surface area contributed by atoms with Gasteiger partial charge in [0.1, 0.15) is 13.6 Å². The zero-order valence-electron chi connectivity index (χ0n) is 30.8. The van der Waals surface area contributed by atoms with Gasteiger partial charge in [-0.05, 0) is 55.9 Å². The van der Waals surface area contributed by atoms with Crippen LogP contribution in [0.25, 0.3) is 0 Å². The highest BCUT2D eigenvalue weighted by molar-refractivity contribution is 6.78. The molecule has 3 atom stereocenters. The van der Waals surface area contributed by atoms with Crippen LogP contribution in [0, 0.1) is 0 Å². The van der Waals surface area contributed by atoms with Crippen LogP contribution >= 0.6 is 0 Å². The molecule has 0 saturated carbocycles. The minimum Gasteiger partial charge on any atom is -0.493 e. The van der Waals surface area contributed by atoms with Crippen LogP contribution in [-0.4, -0.2) is 49.9 Å². The van der Waals surface area contributed by atoms with Gasteiger partial charge in [0.05, 0.1) is 18.9 Å². The Morgan fingerprint density at radius 1 is 0.550 bits per heavy atom. The van der Waals surface area contributed by atoms with E-state index >= 15 is 0 Å². The van der Waals surface area contributed by atoms with Crippen molar-refractivity contribution in [3.63, 3.8) is 0 Å². The quantitative estimate of drug-likeness (QED) is 0.162. The first kappa shape index (κ1) is 36.3. The van der Waals surface area contributed by atoms with Gasteiger partial charge in [-0.25, -0.2) is 0 Å². The molecule has 0 saturated heterocycles. The largest absolute Gasteiger partial charge is 0.493 e. The topological polar surface area (TPSA) is 36.9 Å². The van der Waals surface area contributed by atoms with Crippen LogP contribution < -0.4 is 0 Å². The first-order valence-electron chi connectivity index (χ1n) is 17.0. The van der Waals surface area contributed by atoms with Crippen LogP contribution in [0.1, 0.15) is 126 Å². The Morgan fingerprint density at radius 3 is 1.20 bits per heavy atom. The van der Waals surface area contributed by atoms with E-state index in [2.05, 4.69) is 125 Å². The summed E-state index contributed by atoms with van der Waals surface area (Å²) in [7, 11) is -6.71. The van der Waals surface area contributed by atoms with Gasteiger partial charge in [-0.2, -0.15) is 0 Å².